The minimum atomic E-state index is -4.21. The van der Waals surface area contributed by atoms with E-state index in [1.807, 2.05) is 5.32 Å². The number of hydrogen-bond donors (Lipinski definition) is 2. The molecule has 10 heavy (non-hydrogen) atoms. The lowest BCUT2D eigenvalue weighted by molar-refractivity contribution is -0.117. The molecular formula is C4H7NO4S. The van der Waals surface area contributed by atoms with Crippen molar-refractivity contribution in [2.24, 2.45) is 0 Å². The molecule has 0 heterocycles. The van der Waals surface area contributed by atoms with E-state index in [0.717, 1.165) is 6.20 Å². The van der Waals surface area contributed by atoms with Crippen LogP contribution >= 0.6 is 0 Å². The number of rotatable bonds is 3. The van der Waals surface area contributed by atoms with E-state index in [1.165, 1.54) is 0 Å². The minimum absolute atomic E-state index is 0.808. The van der Waals surface area contributed by atoms with Crippen LogP contribution in [0.15, 0.2) is 12.8 Å². The van der Waals surface area contributed by atoms with Crippen molar-refractivity contribution in [2.45, 2.75) is 0 Å². The van der Waals surface area contributed by atoms with Crippen molar-refractivity contribution >= 4 is 16.0 Å². The third-order valence-electron chi connectivity index (χ3n) is 0.577. The Morgan fingerprint density at radius 2 is 2.20 bits per heavy atom. The molecule has 0 aromatic carbocycles. The van der Waals surface area contributed by atoms with Gasteiger partial charge in [-0.25, -0.2) is 0 Å². The normalized spacial score (nSPS) is 10.5. The Bertz CT molecular complexity index is 230. The Kier molecular flexibility index (Phi) is 3.04. The van der Waals surface area contributed by atoms with Crippen molar-refractivity contribution in [1.29, 1.82) is 0 Å². The molecule has 0 unspecified atom stereocenters. The molecule has 0 rings (SSSR count). The third-order valence-corrected chi connectivity index (χ3v) is 1.20. The summed E-state index contributed by atoms with van der Waals surface area (Å²) in [5.74, 6) is -1.74. The van der Waals surface area contributed by atoms with Crippen molar-refractivity contribution in [2.75, 3.05) is 5.75 Å². The fourth-order valence-corrected chi connectivity index (χ4v) is 0.736. The SMILES string of the molecule is C=CNC(=O)CS(=O)(=O)O. The summed E-state index contributed by atoms with van der Waals surface area (Å²) < 4.78 is 28.0. The zero-order valence-electron chi connectivity index (χ0n) is 5.07. The van der Waals surface area contributed by atoms with Gasteiger partial charge in [-0.15, -0.1) is 0 Å². The smallest absolute Gasteiger partial charge is 0.274 e. The molecule has 5 nitrogen and oxygen atoms in total. The fourth-order valence-electron chi connectivity index (χ4n) is 0.321. The van der Waals surface area contributed by atoms with Crippen molar-refractivity contribution in [3.05, 3.63) is 12.8 Å². The molecule has 0 atom stereocenters. The highest BCUT2D eigenvalue weighted by Gasteiger charge is 2.10. The zero-order chi connectivity index (χ0) is 8.20. The Balaban J connectivity index is 3.93. The van der Waals surface area contributed by atoms with E-state index in [0.29, 0.717) is 0 Å². The van der Waals surface area contributed by atoms with Crippen LogP contribution in [0.2, 0.25) is 0 Å². The van der Waals surface area contributed by atoms with E-state index in [2.05, 4.69) is 6.58 Å². The van der Waals surface area contributed by atoms with Crippen LogP contribution in [-0.4, -0.2) is 24.6 Å². The second-order valence-corrected chi connectivity index (χ2v) is 2.95. The molecule has 0 saturated heterocycles. The highest BCUT2D eigenvalue weighted by atomic mass is 32.2. The molecule has 0 saturated carbocycles. The number of amides is 1. The summed E-state index contributed by atoms with van der Waals surface area (Å²) in [6.07, 6.45) is 1.04. The molecule has 0 aliphatic carbocycles. The molecular weight excluding hydrogens is 158 g/mol. The van der Waals surface area contributed by atoms with Gasteiger partial charge in [0.2, 0.25) is 5.91 Å². The Hall–Kier alpha value is -0.880. The monoisotopic (exact) mass is 165 g/mol. The van der Waals surface area contributed by atoms with Gasteiger partial charge in [0.25, 0.3) is 10.1 Å². The second kappa shape index (κ2) is 3.33. The molecule has 1 amide bonds. The molecule has 0 radical (unpaired) electrons. The molecule has 0 aromatic rings. The van der Waals surface area contributed by atoms with Gasteiger partial charge in [0.15, 0.2) is 5.75 Å². The summed E-state index contributed by atoms with van der Waals surface area (Å²) >= 11 is 0. The first kappa shape index (κ1) is 9.12. The van der Waals surface area contributed by atoms with Crippen molar-refractivity contribution in [3.63, 3.8) is 0 Å². The Morgan fingerprint density at radius 3 is 2.50 bits per heavy atom. The maximum absolute atomic E-state index is 10.3. The van der Waals surface area contributed by atoms with E-state index >= 15 is 0 Å². The molecule has 0 fully saturated rings. The highest BCUT2D eigenvalue weighted by molar-refractivity contribution is 7.86. The minimum Gasteiger partial charge on any atom is -0.332 e. The fraction of sp³-hybridized carbons (Fsp3) is 0.250. The maximum atomic E-state index is 10.3. The maximum Gasteiger partial charge on any atom is 0.274 e. The molecule has 58 valence electrons. The number of nitrogens with one attached hydrogen (secondary N) is 1. The first-order valence-corrected chi connectivity index (χ1v) is 3.92. The van der Waals surface area contributed by atoms with Gasteiger partial charge in [0.1, 0.15) is 0 Å². The van der Waals surface area contributed by atoms with Crippen LogP contribution in [-0.2, 0) is 14.9 Å². The average Bonchev–Trinajstić information content (AvgIpc) is 1.59. The summed E-state index contributed by atoms with van der Waals surface area (Å²) in [5, 5.41) is 1.99. The number of carbonyl (C=O) groups excluding carboxylic acids is 1. The van der Waals surface area contributed by atoms with Crippen LogP contribution in [0, 0.1) is 0 Å². The molecule has 0 aliphatic rings. The lowest BCUT2D eigenvalue weighted by Gasteiger charge is -1.94. The van der Waals surface area contributed by atoms with Gasteiger partial charge in [-0.05, 0) is 6.20 Å². The summed E-state index contributed by atoms with van der Waals surface area (Å²) in [6, 6.07) is 0. The quantitative estimate of drug-likeness (QED) is 0.533. The van der Waals surface area contributed by atoms with E-state index in [-0.39, 0.29) is 0 Å². The Morgan fingerprint density at radius 1 is 1.70 bits per heavy atom. The number of carbonyl (C=O) groups is 1. The summed E-state index contributed by atoms with van der Waals surface area (Å²) in [7, 11) is -4.21. The van der Waals surface area contributed by atoms with E-state index in [1.54, 1.807) is 0 Å². The van der Waals surface area contributed by atoms with Gasteiger partial charge in [0.05, 0.1) is 0 Å². The van der Waals surface area contributed by atoms with Gasteiger partial charge in [0, 0.05) is 0 Å². The van der Waals surface area contributed by atoms with Gasteiger partial charge < -0.3 is 5.32 Å². The van der Waals surface area contributed by atoms with Crippen LogP contribution in [0.25, 0.3) is 0 Å². The topological polar surface area (TPSA) is 83.5 Å². The highest BCUT2D eigenvalue weighted by Crippen LogP contribution is 1.80. The lowest BCUT2D eigenvalue weighted by atomic mass is 10.7. The van der Waals surface area contributed by atoms with Crippen LogP contribution < -0.4 is 5.32 Å². The standard InChI is InChI=1S/C4H7NO4S/c1-2-5-4(6)3-10(7,8)9/h2H,1,3H2,(H,5,6)(H,7,8,9). The molecule has 0 aliphatic heterocycles. The predicted octanol–water partition coefficient (Wildman–Crippen LogP) is -0.866. The van der Waals surface area contributed by atoms with Crippen LogP contribution in [0.1, 0.15) is 0 Å². The molecule has 2 N–H and O–H groups in total. The summed E-state index contributed by atoms with van der Waals surface area (Å²) in [6.45, 7) is 3.12. The average molecular weight is 165 g/mol. The third kappa shape index (κ3) is 5.26. The summed E-state index contributed by atoms with van der Waals surface area (Å²) in [5.41, 5.74) is 0. The molecule has 0 spiro atoms. The summed E-state index contributed by atoms with van der Waals surface area (Å²) in [4.78, 5) is 10.3. The van der Waals surface area contributed by atoms with Gasteiger partial charge in [-0.3, -0.25) is 9.35 Å². The van der Waals surface area contributed by atoms with Crippen LogP contribution in [0.5, 0.6) is 0 Å². The van der Waals surface area contributed by atoms with E-state index in [9.17, 15) is 13.2 Å². The molecule has 0 aromatic heterocycles. The molecule has 6 heteroatoms. The van der Waals surface area contributed by atoms with Gasteiger partial charge in [-0.2, -0.15) is 8.42 Å². The zero-order valence-corrected chi connectivity index (χ0v) is 5.89. The van der Waals surface area contributed by atoms with Crippen LogP contribution in [0.3, 0.4) is 0 Å². The van der Waals surface area contributed by atoms with E-state index < -0.39 is 21.8 Å². The largest absolute Gasteiger partial charge is 0.332 e. The van der Waals surface area contributed by atoms with Crippen molar-refractivity contribution in [1.82, 2.24) is 5.32 Å². The van der Waals surface area contributed by atoms with Crippen molar-refractivity contribution < 1.29 is 17.8 Å². The van der Waals surface area contributed by atoms with Crippen molar-refractivity contribution in [3.8, 4) is 0 Å². The number of hydrogen-bond acceptors (Lipinski definition) is 3. The first-order chi connectivity index (χ1) is 4.45. The van der Waals surface area contributed by atoms with E-state index in [4.69, 9.17) is 4.55 Å². The Labute approximate surface area is 58.5 Å². The van der Waals surface area contributed by atoms with Crippen LogP contribution in [0.4, 0.5) is 0 Å². The first-order valence-electron chi connectivity index (χ1n) is 2.31. The molecule has 0 bridgehead atoms. The van der Waals surface area contributed by atoms with Gasteiger partial charge in [-0.1, -0.05) is 6.58 Å². The second-order valence-electron chi connectivity index (χ2n) is 1.50. The van der Waals surface area contributed by atoms with Gasteiger partial charge >= 0.3 is 0 Å². The lowest BCUT2D eigenvalue weighted by Crippen LogP contribution is -2.25. The predicted molar refractivity (Wildman–Crippen MR) is 34.8 cm³/mol.